The van der Waals surface area contributed by atoms with E-state index in [0.29, 0.717) is 5.92 Å². The standard InChI is InChI=1S/C18H21N3O2/c1-9-6-10(2)18(23)21(3)15-5-4-11(7-12(9)15)16-13-8-14(13)17(22)20-19-16/h4-5,7,9-10,13-14H,6,8H2,1-3H3,(H,20,22). The maximum Gasteiger partial charge on any atom is 0.243 e. The smallest absolute Gasteiger partial charge is 0.243 e. The van der Waals surface area contributed by atoms with Crippen LogP contribution in [0.2, 0.25) is 0 Å². The lowest BCUT2D eigenvalue weighted by atomic mass is 9.89. The van der Waals surface area contributed by atoms with Crippen LogP contribution in [0.3, 0.4) is 0 Å². The van der Waals surface area contributed by atoms with Crippen LogP contribution in [-0.4, -0.2) is 24.6 Å². The molecule has 1 aromatic rings. The Labute approximate surface area is 135 Å². The molecule has 0 spiro atoms. The molecule has 1 aromatic carbocycles. The molecule has 120 valence electrons. The van der Waals surface area contributed by atoms with Gasteiger partial charge in [-0.2, -0.15) is 5.10 Å². The Morgan fingerprint density at radius 3 is 2.70 bits per heavy atom. The van der Waals surface area contributed by atoms with E-state index in [0.717, 1.165) is 29.8 Å². The molecular weight excluding hydrogens is 290 g/mol. The molecule has 1 aliphatic carbocycles. The van der Waals surface area contributed by atoms with E-state index in [2.05, 4.69) is 23.5 Å². The van der Waals surface area contributed by atoms with Gasteiger partial charge in [-0.15, -0.1) is 0 Å². The van der Waals surface area contributed by atoms with Crippen LogP contribution in [0.4, 0.5) is 5.69 Å². The van der Waals surface area contributed by atoms with Crippen molar-refractivity contribution < 1.29 is 9.59 Å². The van der Waals surface area contributed by atoms with Gasteiger partial charge in [0.15, 0.2) is 0 Å². The molecule has 3 aliphatic rings. The molecule has 4 unspecified atom stereocenters. The third kappa shape index (κ3) is 2.18. The van der Waals surface area contributed by atoms with Crippen molar-refractivity contribution in [2.75, 3.05) is 11.9 Å². The number of nitrogens with zero attached hydrogens (tertiary/aromatic N) is 2. The summed E-state index contributed by atoms with van der Waals surface area (Å²) in [6.45, 7) is 4.17. The Kier molecular flexibility index (Phi) is 3.08. The van der Waals surface area contributed by atoms with Crippen LogP contribution in [0.5, 0.6) is 0 Å². The molecule has 1 N–H and O–H groups in total. The van der Waals surface area contributed by atoms with Gasteiger partial charge in [0.2, 0.25) is 11.8 Å². The zero-order valence-electron chi connectivity index (χ0n) is 13.7. The number of hydrogen-bond donors (Lipinski definition) is 1. The predicted molar refractivity (Wildman–Crippen MR) is 88.3 cm³/mol. The Balaban J connectivity index is 1.75. The van der Waals surface area contributed by atoms with E-state index in [9.17, 15) is 9.59 Å². The van der Waals surface area contributed by atoms with E-state index in [1.54, 1.807) is 4.90 Å². The average Bonchev–Trinajstić information content (AvgIpc) is 3.34. The van der Waals surface area contributed by atoms with Crippen molar-refractivity contribution in [2.45, 2.75) is 32.6 Å². The Morgan fingerprint density at radius 2 is 1.91 bits per heavy atom. The lowest BCUT2D eigenvalue weighted by molar-refractivity contribution is -0.123. The molecule has 2 heterocycles. The van der Waals surface area contributed by atoms with Gasteiger partial charge >= 0.3 is 0 Å². The number of fused-ring (bicyclic) bond motifs is 2. The van der Waals surface area contributed by atoms with Gasteiger partial charge in [-0.1, -0.05) is 19.9 Å². The molecule has 1 fully saturated rings. The average molecular weight is 311 g/mol. The Morgan fingerprint density at radius 1 is 1.13 bits per heavy atom. The highest BCUT2D eigenvalue weighted by atomic mass is 16.2. The summed E-state index contributed by atoms with van der Waals surface area (Å²) in [4.78, 5) is 25.8. The molecule has 4 atom stereocenters. The van der Waals surface area contributed by atoms with E-state index in [-0.39, 0.29) is 29.6 Å². The largest absolute Gasteiger partial charge is 0.315 e. The van der Waals surface area contributed by atoms with E-state index >= 15 is 0 Å². The van der Waals surface area contributed by atoms with Crippen molar-refractivity contribution in [3.8, 4) is 0 Å². The zero-order chi connectivity index (χ0) is 16.3. The van der Waals surface area contributed by atoms with Crippen molar-refractivity contribution in [2.24, 2.45) is 22.9 Å². The van der Waals surface area contributed by atoms with Gasteiger partial charge in [-0.3, -0.25) is 9.59 Å². The minimum absolute atomic E-state index is 0.0324. The highest BCUT2D eigenvalue weighted by molar-refractivity contribution is 6.10. The van der Waals surface area contributed by atoms with Crippen LogP contribution in [0.15, 0.2) is 23.3 Å². The first-order chi connectivity index (χ1) is 11.0. The number of benzene rings is 1. The molecule has 5 heteroatoms. The van der Waals surface area contributed by atoms with Crippen LogP contribution < -0.4 is 10.3 Å². The lowest BCUT2D eigenvalue weighted by Crippen LogP contribution is -2.30. The van der Waals surface area contributed by atoms with Gasteiger partial charge in [-0.05, 0) is 42.0 Å². The molecule has 23 heavy (non-hydrogen) atoms. The summed E-state index contributed by atoms with van der Waals surface area (Å²) in [6, 6.07) is 6.21. The zero-order valence-corrected chi connectivity index (χ0v) is 13.7. The summed E-state index contributed by atoms with van der Waals surface area (Å²) in [5, 5.41) is 4.29. The maximum absolute atomic E-state index is 12.4. The van der Waals surface area contributed by atoms with Crippen molar-refractivity contribution in [1.82, 2.24) is 5.43 Å². The molecule has 0 radical (unpaired) electrons. The molecule has 0 aromatic heterocycles. The van der Waals surface area contributed by atoms with Crippen molar-refractivity contribution >= 4 is 23.2 Å². The first kappa shape index (κ1) is 14.4. The van der Waals surface area contributed by atoms with Crippen molar-refractivity contribution in [3.63, 3.8) is 0 Å². The molecule has 1 saturated carbocycles. The highest BCUT2D eigenvalue weighted by Crippen LogP contribution is 2.44. The number of carbonyl (C=O) groups is 2. The molecule has 4 rings (SSSR count). The second-order valence-corrected chi connectivity index (χ2v) is 7.13. The van der Waals surface area contributed by atoms with Gasteiger partial charge in [0.05, 0.1) is 5.71 Å². The number of rotatable bonds is 1. The molecule has 5 nitrogen and oxygen atoms in total. The van der Waals surface area contributed by atoms with Gasteiger partial charge in [0.1, 0.15) is 0 Å². The maximum atomic E-state index is 12.4. The number of nitrogens with one attached hydrogen (secondary N) is 1. The van der Waals surface area contributed by atoms with Crippen molar-refractivity contribution in [3.05, 3.63) is 29.3 Å². The normalized spacial score (nSPS) is 32.5. The van der Waals surface area contributed by atoms with Crippen molar-refractivity contribution in [1.29, 1.82) is 0 Å². The fraction of sp³-hybridized carbons (Fsp3) is 0.500. The summed E-state index contributed by atoms with van der Waals surface area (Å²) < 4.78 is 0. The summed E-state index contributed by atoms with van der Waals surface area (Å²) in [7, 11) is 1.85. The first-order valence-corrected chi connectivity index (χ1v) is 8.26. The van der Waals surface area contributed by atoms with Crippen LogP contribution in [0.1, 0.15) is 43.7 Å². The summed E-state index contributed by atoms with van der Waals surface area (Å²) >= 11 is 0. The van der Waals surface area contributed by atoms with E-state index in [4.69, 9.17) is 0 Å². The molecular formula is C18H21N3O2. The molecule has 0 bridgehead atoms. The second kappa shape index (κ2) is 4.91. The van der Waals surface area contributed by atoms with Gasteiger partial charge in [0, 0.05) is 30.5 Å². The quantitative estimate of drug-likeness (QED) is 0.865. The van der Waals surface area contributed by atoms with Gasteiger partial charge < -0.3 is 4.90 Å². The van der Waals surface area contributed by atoms with Gasteiger partial charge in [-0.25, -0.2) is 5.43 Å². The number of carbonyl (C=O) groups excluding carboxylic acids is 2. The third-order valence-electron chi connectivity index (χ3n) is 5.44. The number of hydrazone groups is 1. The van der Waals surface area contributed by atoms with E-state index < -0.39 is 0 Å². The highest BCUT2D eigenvalue weighted by Gasteiger charge is 2.49. The lowest BCUT2D eigenvalue weighted by Gasteiger charge is -2.21. The minimum atomic E-state index is 0.0324. The fourth-order valence-electron chi connectivity index (χ4n) is 3.97. The van der Waals surface area contributed by atoms with E-state index in [1.165, 1.54) is 5.56 Å². The molecule has 2 aliphatic heterocycles. The van der Waals surface area contributed by atoms with Crippen LogP contribution in [0.25, 0.3) is 0 Å². The third-order valence-corrected chi connectivity index (χ3v) is 5.44. The SMILES string of the molecule is CC1CC(C)c2cc(C3=NNC(=O)C4CC34)ccc2N(C)C1=O. The number of anilines is 1. The first-order valence-electron chi connectivity index (χ1n) is 8.26. The minimum Gasteiger partial charge on any atom is -0.315 e. The number of amides is 2. The Bertz CT molecular complexity index is 740. The number of hydrogen-bond acceptors (Lipinski definition) is 3. The van der Waals surface area contributed by atoms with Crippen LogP contribution >= 0.6 is 0 Å². The summed E-state index contributed by atoms with van der Waals surface area (Å²) in [5.41, 5.74) is 6.87. The summed E-state index contributed by atoms with van der Waals surface area (Å²) in [6.07, 6.45) is 1.75. The van der Waals surface area contributed by atoms with Gasteiger partial charge in [0.25, 0.3) is 0 Å². The Hall–Kier alpha value is -2.17. The monoisotopic (exact) mass is 311 g/mol. The molecule has 0 saturated heterocycles. The van der Waals surface area contributed by atoms with E-state index in [1.807, 2.05) is 26.1 Å². The fourth-order valence-corrected chi connectivity index (χ4v) is 3.97. The predicted octanol–water partition coefficient (Wildman–Crippen LogP) is 2.26. The molecule has 2 amide bonds. The van der Waals surface area contributed by atoms with Crippen LogP contribution in [0, 0.1) is 17.8 Å². The topological polar surface area (TPSA) is 61.8 Å². The second-order valence-electron chi connectivity index (χ2n) is 7.13. The van der Waals surface area contributed by atoms with Crippen LogP contribution in [-0.2, 0) is 9.59 Å². The summed E-state index contributed by atoms with van der Waals surface area (Å²) in [5.74, 6) is 0.936.